The molecule has 1 aliphatic heterocycles. The van der Waals surface area contributed by atoms with E-state index in [9.17, 15) is 9.59 Å². The monoisotopic (exact) mass is 331 g/mol. The number of benzene rings is 1. The molecule has 0 aliphatic carbocycles. The van der Waals surface area contributed by atoms with Crippen molar-refractivity contribution in [3.05, 3.63) is 35.9 Å². The Morgan fingerprint density at radius 1 is 1.29 bits per heavy atom. The summed E-state index contributed by atoms with van der Waals surface area (Å²) in [5.74, 6) is 0.558. The average Bonchev–Trinajstić information content (AvgIpc) is 2.93. The van der Waals surface area contributed by atoms with Crippen LogP contribution in [0.2, 0.25) is 0 Å². The van der Waals surface area contributed by atoms with Gasteiger partial charge in [0, 0.05) is 6.42 Å². The average molecular weight is 331 g/mol. The number of carbonyl (C=O) groups excluding carboxylic acids is 2. The quantitative estimate of drug-likeness (QED) is 0.769. The van der Waals surface area contributed by atoms with Gasteiger partial charge in [0.25, 0.3) is 5.91 Å². The summed E-state index contributed by atoms with van der Waals surface area (Å²) in [6.07, 6.45) is 2.75. The second-order valence-corrected chi connectivity index (χ2v) is 5.92. The molecule has 1 unspecified atom stereocenters. The van der Waals surface area contributed by atoms with E-state index in [1.807, 2.05) is 37.3 Å². The van der Waals surface area contributed by atoms with Gasteiger partial charge in [0.2, 0.25) is 0 Å². The molecule has 1 aliphatic rings. The Labute approximate surface area is 142 Å². The molecule has 6 heteroatoms. The van der Waals surface area contributed by atoms with Crippen LogP contribution in [0.5, 0.6) is 0 Å². The normalized spacial score (nSPS) is 19.6. The Balaban J connectivity index is 1.87. The lowest BCUT2D eigenvalue weighted by molar-refractivity contribution is -0.123. The van der Waals surface area contributed by atoms with Gasteiger partial charge in [-0.1, -0.05) is 50.6 Å². The van der Waals surface area contributed by atoms with Gasteiger partial charge in [-0.15, -0.1) is 0 Å². The van der Waals surface area contributed by atoms with Crippen LogP contribution in [0.3, 0.4) is 0 Å². The van der Waals surface area contributed by atoms with Crippen LogP contribution in [0.4, 0.5) is 4.79 Å². The van der Waals surface area contributed by atoms with Crippen molar-refractivity contribution in [3.8, 4) is 0 Å². The highest BCUT2D eigenvalue weighted by atomic mass is 16.5. The van der Waals surface area contributed by atoms with E-state index in [0.717, 1.165) is 24.8 Å². The fourth-order valence-electron chi connectivity index (χ4n) is 2.52. The van der Waals surface area contributed by atoms with Gasteiger partial charge in [-0.3, -0.25) is 9.79 Å². The first-order valence-electron chi connectivity index (χ1n) is 8.44. The first kappa shape index (κ1) is 18.0. The van der Waals surface area contributed by atoms with Gasteiger partial charge in [-0.2, -0.15) is 0 Å². The van der Waals surface area contributed by atoms with E-state index in [-0.39, 0.29) is 19.1 Å². The molecule has 0 saturated carbocycles. The Morgan fingerprint density at radius 3 is 2.71 bits per heavy atom. The van der Waals surface area contributed by atoms with Gasteiger partial charge in [-0.05, 0) is 18.4 Å². The van der Waals surface area contributed by atoms with Crippen molar-refractivity contribution in [1.29, 1.82) is 0 Å². The van der Waals surface area contributed by atoms with Crippen molar-refractivity contribution in [3.63, 3.8) is 0 Å². The lowest BCUT2D eigenvalue weighted by Crippen LogP contribution is -2.48. The molecule has 6 nitrogen and oxygen atoms in total. The number of aliphatic imine (C=N–C) groups is 1. The third-order valence-corrected chi connectivity index (χ3v) is 4.12. The van der Waals surface area contributed by atoms with E-state index >= 15 is 0 Å². The molecule has 24 heavy (non-hydrogen) atoms. The molecule has 2 amide bonds. The number of hydrogen-bond donors (Lipinski definition) is 2. The molecule has 0 radical (unpaired) electrons. The fraction of sp³-hybridized carbons (Fsp3) is 0.500. The molecule has 0 aromatic heterocycles. The third-order valence-electron chi connectivity index (χ3n) is 4.12. The SMILES string of the molecule is CCCCC1=NC(CC)(CNC(=O)OCc2ccccc2)C(=O)N1. The summed E-state index contributed by atoms with van der Waals surface area (Å²) in [4.78, 5) is 28.7. The van der Waals surface area contributed by atoms with Gasteiger partial charge < -0.3 is 15.4 Å². The highest BCUT2D eigenvalue weighted by molar-refractivity contribution is 6.08. The van der Waals surface area contributed by atoms with Gasteiger partial charge in [0.15, 0.2) is 5.54 Å². The van der Waals surface area contributed by atoms with Crippen LogP contribution in [0.25, 0.3) is 0 Å². The summed E-state index contributed by atoms with van der Waals surface area (Å²) in [5, 5.41) is 5.50. The summed E-state index contributed by atoms with van der Waals surface area (Å²) in [6.45, 7) is 4.32. The zero-order valence-electron chi connectivity index (χ0n) is 14.3. The Kier molecular flexibility index (Phi) is 6.35. The van der Waals surface area contributed by atoms with E-state index in [2.05, 4.69) is 22.5 Å². The first-order valence-corrected chi connectivity index (χ1v) is 8.44. The van der Waals surface area contributed by atoms with Crippen LogP contribution in [0.15, 0.2) is 35.3 Å². The predicted octanol–water partition coefficient (Wildman–Crippen LogP) is 2.78. The van der Waals surface area contributed by atoms with Crippen LogP contribution in [-0.4, -0.2) is 29.9 Å². The van der Waals surface area contributed by atoms with Crippen molar-refractivity contribution in [2.24, 2.45) is 4.99 Å². The molecule has 1 aromatic carbocycles. The van der Waals surface area contributed by atoms with Gasteiger partial charge >= 0.3 is 6.09 Å². The summed E-state index contributed by atoms with van der Waals surface area (Å²) in [7, 11) is 0. The Morgan fingerprint density at radius 2 is 2.04 bits per heavy atom. The smallest absolute Gasteiger partial charge is 0.407 e. The maximum atomic E-state index is 12.3. The van der Waals surface area contributed by atoms with Crippen molar-refractivity contribution in [1.82, 2.24) is 10.6 Å². The molecule has 0 fully saturated rings. The number of nitrogens with one attached hydrogen (secondary N) is 2. The Hall–Kier alpha value is -2.37. The van der Waals surface area contributed by atoms with Crippen LogP contribution in [0, 0.1) is 0 Å². The second kappa shape index (κ2) is 8.47. The van der Waals surface area contributed by atoms with E-state index in [1.165, 1.54) is 0 Å². The maximum Gasteiger partial charge on any atom is 0.407 e. The van der Waals surface area contributed by atoms with E-state index in [4.69, 9.17) is 4.74 Å². The fourth-order valence-corrected chi connectivity index (χ4v) is 2.52. The molecule has 0 bridgehead atoms. The zero-order chi connectivity index (χ0) is 17.4. The molecule has 2 rings (SSSR count). The minimum absolute atomic E-state index is 0.137. The molecule has 1 heterocycles. The van der Waals surface area contributed by atoms with Crippen LogP contribution < -0.4 is 10.6 Å². The lowest BCUT2D eigenvalue weighted by Gasteiger charge is -2.21. The van der Waals surface area contributed by atoms with Crippen molar-refractivity contribution in [2.75, 3.05) is 6.54 Å². The summed E-state index contributed by atoms with van der Waals surface area (Å²) in [5.41, 5.74) is -0.00851. The van der Waals surface area contributed by atoms with Crippen molar-refractivity contribution >= 4 is 17.8 Å². The summed E-state index contributed by atoms with van der Waals surface area (Å²) in [6, 6.07) is 9.45. The van der Waals surface area contributed by atoms with Crippen LogP contribution in [0.1, 0.15) is 45.1 Å². The first-order chi connectivity index (χ1) is 11.6. The summed E-state index contributed by atoms with van der Waals surface area (Å²) < 4.78 is 5.17. The van der Waals surface area contributed by atoms with Crippen molar-refractivity contribution < 1.29 is 14.3 Å². The molecule has 1 aromatic rings. The molecule has 0 spiro atoms. The molecule has 1 atom stereocenters. The van der Waals surface area contributed by atoms with Gasteiger partial charge in [0.1, 0.15) is 12.4 Å². The van der Waals surface area contributed by atoms with Gasteiger partial charge in [0.05, 0.1) is 6.54 Å². The number of carbonyl (C=O) groups is 2. The number of hydrogen-bond acceptors (Lipinski definition) is 4. The Bertz CT molecular complexity index is 601. The molecular formula is C18H25N3O3. The van der Waals surface area contributed by atoms with Gasteiger partial charge in [-0.25, -0.2) is 4.79 Å². The molecular weight excluding hydrogens is 306 g/mol. The van der Waals surface area contributed by atoms with Crippen molar-refractivity contribution in [2.45, 2.75) is 51.7 Å². The zero-order valence-corrected chi connectivity index (χ0v) is 14.3. The number of amides is 2. The molecule has 2 N–H and O–H groups in total. The minimum Gasteiger partial charge on any atom is -0.445 e. The predicted molar refractivity (Wildman–Crippen MR) is 92.8 cm³/mol. The minimum atomic E-state index is -0.922. The van der Waals surface area contributed by atoms with Crippen LogP contribution >= 0.6 is 0 Å². The van der Waals surface area contributed by atoms with E-state index in [0.29, 0.717) is 12.3 Å². The number of rotatable bonds is 8. The number of alkyl carbamates (subject to hydrolysis) is 1. The number of unbranched alkanes of at least 4 members (excludes halogenated alkanes) is 1. The molecule has 130 valence electrons. The topological polar surface area (TPSA) is 79.8 Å². The highest BCUT2D eigenvalue weighted by Crippen LogP contribution is 2.21. The van der Waals surface area contributed by atoms with E-state index < -0.39 is 11.6 Å². The third kappa shape index (κ3) is 4.57. The standard InChI is InChI=1S/C18H25N3O3/c1-3-5-11-15-20-16(22)18(4-2,21-15)13-19-17(23)24-12-14-9-7-6-8-10-14/h6-10H,3-5,11-13H2,1-2H3,(H,19,23)(H,20,21,22). The largest absolute Gasteiger partial charge is 0.445 e. The highest BCUT2D eigenvalue weighted by Gasteiger charge is 2.42. The maximum absolute atomic E-state index is 12.3. The molecule has 0 saturated heterocycles. The van der Waals surface area contributed by atoms with Crippen LogP contribution in [-0.2, 0) is 16.1 Å². The summed E-state index contributed by atoms with van der Waals surface area (Å²) >= 11 is 0. The lowest BCUT2D eigenvalue weighted by atomic mass is 9.97. The van der Waals surface area contributed by atoms with E-state index in [1.54, 1.807) is 0 Å². The number of nitrogens with zero attached hydrogens (tertiary/aromatic N) is 1. The number of ether oxygens (including phenoxy) is 1. The number of amidine groups is 1. The second-order valence-electron chi connectivity index (χ2n) is 5.92.